The quantitative estimate of drug-likeness (QED) is 0.800. The van der Waals surface area contributed by atoms with Gasteiger partial charge in [-0.05, 0) is 12.5 Å². The molecule has 0 aliphatic carbocycles. The zero-order chi connectivity index (χ0) is 13.5. The molecule has 0 aromatic heterocycles. The fourth-order valence-corrected chi connectivity index (χ4v) is 1.48. The number of hydrogen-bond donors (Lipinski definition) is 2. The van der Waals surface area contributed by atoms with Crippen molar-refractivity contribution < 1.29 is 19.4 Å². The van der Waals surface area contributed by atoms with Gasteiger partial charge in [-0.1, -0.05) is 30.3 Å². The molecule has 2 atom stereocenters. The van der Waals surface area contributed by atoms with E-state index in [1.807, 2.05) is 37.3 Å². The van der Waals surface area contributed by atoms with Crippen molar-refractivity contribution in [2.45, 2.75) is 26.0 Å². The molecule has 2 unspecified atom stereocenters. The topological polar surface area (TPSA) is 75.6 Å². The van der Waals surface area contributed by atoms with Crippen LogP contribution in [0.4, 0.5) is 0 Å². The average molecular weight is 251 g/mol. The van der Waals surface area contributed by atoms with Crippen molar-refractivity contribution in [2.24, 2.45) is 0 Å². The molecule has 0 bridgehead atoms. The van der Waals surface area contributed by atoms with E-state index in [0.29, 0.717) is 0 Å². The summed E-state index contributed by atoms with van der Waals surface area (Å²) in [6, 6.07) is 8.45. The van der Waals surface area contributed by atoms with Gasteiger partial charge in [-0.3, -0.25) is 4.79 Å². The Bertz CT molecular complexity index is 405. The van der Waals surface area contributed by atoms with Crippen LogP contribution in [0.1, 0.15) is 25.5 Å². The molecule has 0 aliphatic heterocycles. The SMILES string of the molecule is CC(=O)NC(COC(C)c1ccccc1)C(=O)O. The van der Waals surface area contributed by atoms with Gasteiger partial charge in [0.05, 0.1) is 12.7 Å². The minimum absolute atomic E-state index is 0.0645. The van der Waals surface area contributed by atoms with Crippen molar-refractivity contribution >= 4 is 11.9 Å². The van der Waals surface area contributed by atoms with E-state index in [2.05, 4.69) is 5.32 Å². The molecule has 0 spiro atoms. The zero-order valence-electron chi connectivity index (χ0n) is 10.4. The minimum atomic E-state index is -1.11. The van der Waals surface area contributed by atoms with Crippen LogP contribution in [0, 0.1) is 0 Å². The maximum atomic E-state index is 10.9. The molecule has 0 heterocycles. The lowest BCUT2D eigenvalue weighted by Crippen LogP contribution is -2.43. The number of aliphatic carboxylic acids is 1. The average Bonchev–Trinajstić information content (AvgIpc) is 2.34. The van der Waals surface area contributed by atoms with Crippen molar-refractivity contribution in [3.63, 3.8) is 0 Å². The van der Waals surface area contributed by atoms with Crippen LogP contribution in [-0.4, -0.2) is 29.6 Å². The normalized spacial score (nSPS) is 13.7. The van der Waals surface area contributed by atoms with E-state index < -0.39 is 17.9 Å². The summed E-state index contributed by atoms with van der Waals surface area (Å²) >= 11 is 0. The standard InChI is InChI=1S/C13H17NO4/c1-9(11-6-4-3-5-7-11)18-8-12(13(16)17)14-10(2)15/h3-7,9,12H,8H2,1-2H3,(H,14,15)(H,16,17). The van der Waals surface area contributed by atoms with Gasteiger partial charge in [0.1, 0.15) is 0 Å². The van der Waals surface area contributed by atoms with E-state index in [0.717, 1.165) is 5.56 Å². The third-order valence-electron chi connectivity index (χ3n) is 2.46. The number of carbonyl (C=O) groups is 2. The molecule has 5 nitrogen and oxygen atoms in total. The molecule has 0 fully saturated rings. The van der Waals surface area contributed by atoms with Crippen LogP contribution >= 0.6 is 0 Å². The summed E-state index contributed by atoms with van der Waals surface area (Å²) in [5, 5.41) is 11.2. The van der Waals surface area contributed by atoms with Gasteiger partial charge in [-0.2, -0.15) is 0 Å². The highest BCUT2D eigenvalue weighted by molar-refractivity contribution is 5.82. The molecule has 2 N–H and O–H groups in total. The monoisotopic (exact) mass is 251 g/mol. The predicted octanol–water partition coefficient (Wildman–Crippen LogP) is 1.35. The number of carbonyl (C=O) groups excluding carboxylic acids is 1. The van der Waals surface area contributed by atoms with Crippen LogP contribution in [0.25, 0.3) is 0 Å². The molecule has 0 radical (unpaired) electrons. The number of ether oxygens (including phenoxy) is 1. The summed E-state index contributed by atoms with van der Waals surface area (Å²) in [6.45, 7) is 3.05. The molecule has 1 rings (SSSR count). The van der Waals surface area contributed by atoms with Gasteiger partial charge in [-0.25, -0.2) is 4.79 Å². The Morgan fingerprint density at radius 2 is 1.94 bits per heavy atom. The molecule has 0 saturated heterocycles. The maximum absolute atomic E-state index is 10.9. The fourth-order valence-electron chi connectivity index (χ4n) is 1.48. The second kappa shape index (κ2) is 6.76. The van der Waals surface area contributed by atoms with E-state index in [1.165, 1.54) is 6.92 Å². The first-order chi connectivity index (χ1) is 8.50. The molecule has 1 aromatic carbocycles. The Morgan fingerprint density at radius 3 is 2.44 bits per heavy atom. The smallest absolute Gasteiger partial charge is 0.328 e. The van der Waals surface area contributed by atoms with E-state index in [4.69, 9.17) is 9.84 Å². The van der Waals surface area contributed by atoms with Crippen LogP contribution in [0.3, 0.4) is 0 Å². The lowest BCUT2D eigenvalue weighted by Gasteiger charge is -2.18. The maximum Gasteiger partial charge on any atom is 0.328 e. The largest absolute Gasteiger partial charge is 0.480 e. The van der Waals surface area contributed by atoms with Gasteiger partial charge in [0.2, 0.25) is 5.91 Å². The summed E-state index contributed by atoms with van der Waals surface area (Å²) < 4.78 is 5.46. The van der Waals surface area contributed by atoms with Gasteiger partial charge in [0, 0.05) is 6.92 Å². The van der Waals surface area contributed by atoms with Crippen LogP contribution in [0.2, 0.25) is 0 Å². The Labute approximate surface area is 106 Å². The van der Waals surface area contributed by atoms with Crippen LogP contribution in [0.15, 0.2) is 30.3 Å². The van der Waals surface area contributed by atoms with E-state index in [1.54, 1.807) is 0 Å². The summed E-state index contributed by atoms with van der Waals surface area (Å²) in [6.07, 6.45) is -0.221. The molecule has 5 heteroatoms. The molecular weight excluding hydrogens is 234 g/mol. The van der Waals surface area contributed by atoms with Crippen LogP contribution in [0.5, 0.6) is 0 Å². The number of amides is 1. The highest BCUT2D eigenvalue weighted by atomic mass is 16.5. The van der Waals surface area contributed by atoms with Crippen molar-refractivity contribution in [3.8, 4) is 0 Å². The lowest BCUT2D eigenvalue weighted by atomic mass is 10.1. The Balaban J connectivity index is 2.52. The van der Waals surface area contributed by atoms with Gasteiger partial charge in [-0.15, -0.1) is 0 Å². The van der Waals surface area contributed by atoms with Gasteiger partial charge < -0.3 is 15.2 Å². The van der Waals surface area contributed by atoms with Crippen molar-refractivity contribution in [3.05, 3.63) is 35.9 Å². The Hall–Kier alpha value is -1.88. The molecule has 98 valence electrons. The molecule has 0 aliphatic rings. The molecule has 1 aromatic rings. The molecule has 18 heavy (non-hydrogen) atoms. The summed E-state index contributed by atoms with van der Waals surface area (Å²) in [5.41, 5.74) is 0.962. The second-order valence-electron chi connectivity index (χ2n) is 3.98. The molecule has 0 saturated carbocycles. The highest BCUT2D eigenvalue weighted by Gasteiger charge is 2.19. The molecular formula is C13H17NO4. The van der Waals surface area contributed by atoms with Gasteiger partial charge >= 0.3 is 5.97 Å². The number of rotatable bonds is 6. The first kappa shape index (κ1) is 14.2. The molecule has 1 amide bonds. The van der Waals surface area contributed by atoms with Gasteiger partial charge in [0.25, 0.3) is 0 Å². The minimum Gasteiger partial charge on any atom is -0.480 e. The summed E-state index contributed by atoms with van der Waals surface area (Å²) in [5.74, 6) is -1.50. The van der Waals surface area contributed by atoms with Crippen LogP contribution in [-0.2, 0) is 14.3 Å². The number of hydrogen-bond acceptors (Lipinski definition) is 3. The predicted molar refractivity (Wildman–Crippen MR) is 66.0 cm³/mol. The number of benzene rings is 1. The third-order valence-corrected chi connectivity index (χ3v) is 2.46. The Morgan fingerprint density at radius 1 is 1.33 bits per heavy atom. The first-order valence-corrected chi connectivity index (χ1v) is 5.67. The fraction of sp³-hybridized carbons (Fsp3) is 0.385. The number of carboxylic acid groups (broad SMARTS) is 1. The number of carboxylic acids is 1. The van der Waals surface area contributed by atoms with Crippen molar-refractivity contribution in [1.82, 2.24) is 5.32 Å². The van der Waals surface area contributed by atoms with E-state index >= 15 is 0 Å². The van der Waals surface area contributed by atoms with Crippen molar-refractivity contribution in [2.75, 3.05) is 6.61 Å². The van der Waals surface area contributed by atoms with Gasteiger partial charge in [0.15, 0.2) is 6.04 Å². The van der Waals surface area contributed by atoms with Crippen LogP contribution < -0.4 is 5.32 Å². The summed E-state index contributed by atoms with van der Waals surface area (Å²) in [4.78, 5) is 21.7. The zero-order valence-corrected chi connectivity index (χ0v) is 10.4. The Kier molecular flexibility index (Phi) is 5.32. The van der Waals surface area contributed by atoms with E-state index in [-0.39, 0.29) is 12.7 Å². The number of nitrogens with one attached hydrogen (secondary N) is 1. The third kappa shape index (κ3) is 4.55. The lowest BCUT2D eigenvalue weighted by molar-refractivity contribution is -0.144. The summed E-state index contributed by atoms with van der Waals surface area (Å²) in [7, 11) is 0. The first-order valence-electron chi connectivity index (χ1n) is 5.67. The highest BCUT2D eigenvalue weighted by Crippen LogP contribution is 2.15. The van der Waals surface area contributed by atoms with Crippen molar-refractivity contribution in [1.29, 1.82) is 0 Å². The second-order valence-corrected chi connectivity index (χ2v) is 3.98. The van der Waals surface area contributed by atoms with E-state index in [9.17, 15) is 9.59 Å².